The summed E-state index contributed by atoms with van der Waals surface area (Å²) in [7, 11) is 0. The number of carbonyl (C=O) groups excluding carboxylic acids is 2. The van der Waals surface area contributed by atoms with Gasteiger partial charge in [-0.15, -0.1) is 0 Å². The normalized spacial score (nSPS) is 21.8. The maximum Gasteiger partial charge on any atom is 0.340 e. The minimum Gasteiger partial charge on any atom is -0.465 e. The van der Waals surface area contributed by atoms with Crippen LogP contribution in [-0.4, -0.2) is 68.3 Å². The largest absolute Gasteiger partial charge is 0.465 e. The van der Waals surface area contributed by atoms with E-state index in [9.17, 15) is 9.59 Å². The minimum absolute atomic E-state index is 0.121. The highest BCUT2D eigenvalue weighted by molar-refractivity contribution is 8.23. The van der Waals surface area contributed by atoms with Crippen LogP contribution in [0.5, 0.6) is 0 Å². The maximum absolute atomic E-state index is 13.2. The van der Waals surface area contributed by atoms with Crippen molar-refractivity contribution in [2.45, 2.75) is 78.1 Å². The number of ether oxygens (including phenoxy) is 1. The zero-order valence-corrected chi connectivity index (χ0v) is 18.5. The summed E-state index contributed by atoms with van der Waals surface area (Å²) in [5.74, 6) is -0.310. The number of hydrogen-bond acceptors (Lipinski definition) is 6. The van der Waals surface area contributed by atoms with E-state index in [1.54, 1.807) is 23.8 Å². The first kappa shape index (κ1) is 23.2. The lowest BCUT2D eigenvalue weighted by atomic mass is 10.00. The highest BCUT2D eigenvalue weighted by Crippen LogP contribution is 2.29. The molecular weight excluding hydrogens is 370 g/mol. The van der Waals surface area contributed by atoms with Gasteiger partial charge in [-0.25, -0.2) is 14.8 Å². The molecule has 0 N–H and O–H groups in total. The standard InChI is InChI=1S/C18H33N3O3S2/c1-7-19(8-2)17(23)21(20-13(4)11-10-12-14(20)5)18(25)26-15(6)16(22)24-9-3/h13-15H,7-12H2,1-6H3. The van der Waals surface area contributed by atoms with E-state index in [4.69, 9.17) is 17.0 Å². The molecular formula is C18H33N3O3S2. The van der Waals surface area contributed by atoms with Gasteiger partial charge >= 0.3 is 12.0 Å². The maximum atomic E-state index is 13.2. The minimum atomic E-state index is -0.454. The Hall–Kier alpha value is -0.860. The fraction of sp³-hybridized carbons (Fsp3) is 0.833. The van der Waals surface area contributed by atoms with Crippen LogP contribution in [0.1, 0.15) is 60.8 Å². The van der Waals surface area contributed by atoms with Gasteiger partial charge in [0.2, 0.25) is 0 Å². The van der Waals surface area contributed by atoms with Crippen LogP contribution < -0.4 is 0 Å². The predicted molar refractivity (Wildman–Crippen MR) is 111 cm³/mol. The van der Waals surface area contributed by atoms with Crippen LogP contribution in [-0.2, 0) is 9.53 Å². The molecule has 1 aliphatic heterocycles. The molecule has 0 spiro atoms. The number of hydrogen-bond donors (Lipinski definition) is 0. The third-order valence-electron chi connectivity index (χ3n) is 4.66. The van der Waals surface area contributed by atoms with E-state index < -0.39 is 5.25 Å². The van der Waals surface area contributed by atoms with Gasteiger partial charge in [-0.3, -0.25) is 4.79 Å². The van der Waals surface area contributed by atoms with E-state index in [1.165, 1.54) is 11.8 Å². The molecule has 2 amide bonds. The van der Waals surface area contributed by atoms with E-state index in [0.717, 1.165) is 19.3 Å². The zero-order valence-electron chi connectivity index (χ0n) is 16.9. The number of hydrazine groups is 1. The lowest BCUT2D eigenvalue weighted by molar-refractivity contribution is -0.142. The van der Waals surface area contributed by atoms with Crippen molar-refractivity contribution >= 4 is 40.3 Å². The van der Waals surface area contributed by atoms with Crippen molar-refractivity contribution < 1.29 is 14.3 Å². The van der Waals surface area contributed by atoms with Crippen molar-refractivity contribution in [2.24, 2.45) is 0 Å². The summed E-state index contributed by atoms with van der Waals surface area (Å²) >= 11 is 6.84. The third-order valence-corrected chi connectivity index (χ3v) is 6.04. The van der Waals surface area contributed by atoms with Gasteiger partial charge < -0.3 is 9.64 Å². The highest BCUT2D eigenvalue weighted by atomic mass is 32.2. The SMILES string of the molecule is CCOC(=O)C(C)SC(=S)N(C(=O)N(CC)CC)N1C(C)CCCC1C. The highest BCUT2D eigenvalue weighted by Gasteiger charge is 2.37. The van der Waals surface area contributed by atoms with Crippen LogP contribution in [0, 0.1) is 0 Å². The van der Waals surface area contributed by atoms with Crippen molar-refractivity contribution in [3.8, 4) is 0 Å². The molecule has 1 aliphatic rings. The second kappa shape index (κ2) is 11.1. The monoisotopic (exact) mass is 403 g/mol. The summed E-state index contributed by atoms with van der Waals surface area (Å²) in [5.41, 5.74) is 0. The Morgan fingerprint density at radius 2 is 1.73 bits per heavy atom. The summed E-state index contributed by atoms with van der Waals surface area (Å²) in [5, 5.41) is 3.26. The van der Waals surface area contributed by atoms with Crippen molar-refractivity contribution in [1.29, 1.82) is 0 Å². The smallest absolute Gasteiger partial charge is 0.340 e. The first-order chi connectivity index (χ1) is 12.3. The van der Waals surface area contributed by atoms with Gasteiger partial charge in [0.25, 0.3) is 0 Å². The van der Waals surface area contributed by atoms with E-state index in [-0.39, 0.29) is 24.1 Å². The Morgan fingerprint density at radius 1 is 1.19 bits per heavy atom. The summed E-state index contributed by atoms with van der Waals surface area (Å²) in [6.45, 7) is 13.3. The third kappa shape index (κ3) is 5.82. The molecule has 0 aromatic rings. The molecule has 6 nitrogen and oxygen atoms in total. The molecule has 1 rings (SSSR count). The van der Waals surface area contributed by atoms with Gasteiger partial charge in [0.1, 0.15) is 5.25 Å². The molecule has 0 bridgehead atoms. The number of urea groups is 1. The number of amides is 2. The molecule has 26 heavy (non-hydrogen) atoms. The van der Waals surface area contributed by atoms with Crippen LogP contribution >= 0.6 is 24.0 Å². The van der Waals surface area contributed by atoms with Gasteiger partial charge in [-0.05, 0) is 54.4 Å². The number of carbonyl (C=O) groups is 2. The molecule has 0 aliphatic carbocycles. The molecule has 0 saturated carbocycles. The lowest BCUT2D eigenvalue weighted by Crippen LogP contribution is -2.60. The van der Waals surface area contributed by atoms with Crippen LogP contribution in [0.2, 0.25) is 0 Å². The molecule has 3 atom stereocenters. The molecule has 0 aromatic carbocycles. The Kier molecular flexibility index (Phi) is 9.89. The van der Waals surface area contributed by atoms with Gasteiger partial charge in [-0.2, -0.15) is 0 Å². The Morgan fingerprint density at radius 3 is 2.19 bits per heavy atom. The molecule has 1 heterocycles. The number of thioether (sulfide) groups is 1. The van der Waals surface area contributed by atoms with Crippen LogP contribution in [0.4, 0.5) is 4.79 Å². The van der Waals surface area contributed by atoms with E-state index in [0.29, 0.717) is 24.0 Å². The van der Waals surface area contributed by atoms with Crippen molar-refractivity contribution in [3.05, 3.63) is 0 Å². The molecule has 8 heteroatoms. The van der Waals surface area contributed by atoms with Crippen LogP contribution in [0.15, 0.2) is 0 Å². The second-order valence-electron chi connectivity index (χ2n) is 6.55. The summed E-state index contributed by atoms with van der Waals surface area (Å²) in [6.07, 6.45) is 3.19. The van der Waals surface area contributed by atoms with Crippen molar-refractivity contribution in [1.82, 2.24) is 14.9 Å². The molecule has 0 radical (unpaired) electrons. The van der Waals surface area contributed by atoms with Gasteiger partial charge in [0, 0.05) is 25.2 Å². The van der Waals surface area contributed by atoms with Gasteiger partial charge in [-0.1, -0.05) is 30.4 Å². The van der Waals surface area contributed by atoms with E-state index >= 15 is 0 Å². The second-order valence-corrected chi connectivity index (χ2v) is 8.53. The molecule has 150 valence electrons. The van der Waals surface area contributed by atoms with Crippen molar-refractivity contribution in [2.75, 3.05) is 19.7 Å². The summed E-state index contributed by atoms with van der Waals surface area (Å²) in [4.78, 5) is 27.0. The Balaban J connectivity index is 3.08. The number of esters is 1. The predicted octanol–water partition coefficient (Wildman–Crippen LogP) is 3.90. The molecule has 1 fully saturated rings. The molecule has 1 saturated heterocycles. The molecule has 3 unspecified atom stereocenters. The van der Waals surface area contributed by atoms with Gasteiger partial charge in [0.05, 0.1) is 6.61 Å². The number of thiocarbonyl (C=S) groups is 1. The first-order valence-corrected chi connectivity index (χ1v) is 10.8. The zero-order chi connectivity index (χ0) is 19.9. The number of nitrogens with zero attached hydrogens (tertiary/aromatic N) is 3. The Labute approximate surface area is 167 Å². The Bertz CT molecular complexity index is 490. The summed E-state index contributed by atoms with van der Waals surface area (Å²) in [6, 6.07) is 0.314. The van der Waals surface area contributed by atoms with Crippen LogP contribution in [0.25, 0.3) is 0 Å². The van der Waals surface area contributed by atoms with E-state index in [1.807, 2.05) is 13.8 Å². The average molecular weight is 404 g/mol. The quantitative estimate of drug-likeness (QED) is 0.495. The van der Waals surface area contributed by atoms with E-state index in [2.05, 4.69) is 18.9 Å². The summed E-state index contributed by atoms with van der Waals surface area (Å²) < 4.78 is 5.48. The fourth-order valence-corrected chi connectivity index (χ4v) is 4.55. The van der Waals surface area contributed by atoms with Gasteiger partial charge in [0.15, 0.2) is 4.32 Å². The van der Waals surface area contributed by atoms with Crippen LogP contribution in [0.3, 0.4) is 0 Å². The lowest BCUT2D eigenvalue weighted by Gasteiger charge is -2.46. The van der Waals surface area contributed by atoms with Crippen molar-refractivity contribution in [3.63, 3.8) is 0 Å². The first-order valence-electron chi connectivity index (χ1n) is 9.52. The fourth-order valence-electron chi connectivity index (χ4n) is 3.21. The topological polar surface area (TPSA) is 53.1 Å². The number of rotatable bonds is 6. The molecule has 0 aromatic heterocycles. The average Bonchev–Trinajstić information content (AvgIpc) is 2.59. The number of piperidine rings is 1.